The highest BCUT2D eigenvalue weighted by Gasteiger charge is 2.14. The van der Waals surface area contributed by atoms with Crippen LogP contribution in [-0.2, 0) is 14.3 Å². The molecule has 1 amide bonds. The number of ether oxygens (including phenoxy) is 2. The maximum atomic E-state index is 11.2. The molecular weight excluding hydrogens is 206 g/mol. The van der Waals surface area contributed by atoms with Gasteiger partial charge in [-0.2, -0.15) is 0 Å². The normalized spacial score (nSPS) is 20.3. The van der Waals surface area contributed by atoms with Crippen LogP contribution in [0, 0.1) is 5.92 Å². The number of carbonyl (C=O) groups is 1. The third-order valence-corrected chi connectivity index (χ3v) is 2.62. The zero-order valence-corrected chi connectivity index (χ0v) is 10.3. The summed E-state index contributed by atoms with van der Waals surface area (Å²) in [5, 5.41) is 2.86. The number of hydrogen-bond donors (Lipinski definition) is 1. The van der Waals surface area contributed by atoms with Gasteiger partial charge in [-0.15, -0.1) is 0 Å². The minimum atomic E-state index is 0.0628. The molecule has 1 rings (SSSR count). The van der Waals surface area contributed by atoms with Gasteiger partial charge in [-0.1, -0.05) is 13.8 Å². The largest absolute Gasteiger partial charge is 0.379 e. The molecule has 0 aromatic heterocycles. The van der Waals surface area contributed by atoms with Crippen molar-refractivity contribution in [1.29, 1.82) is 0 Å². The second-order valence-corrected chi connectivity index (χ2v) is 4.51. The Morgan fingerprint density at radius 2 is 2.38 bits per heavy atom. The van der Waals surface area contributed by atoms with E-state index in [9.17, 15) is 4.79 Å². The van der Waals surface area contributed by atoms with Crippen molar-refractivity contribution in [3.8, 4) is 0 Å². The van der Waals surface area contributed by atoms with Crippen molar-refractivity contribution in [3.05, 3.63) is 0 Å². The van der Waals surface area contributed by atoms with E-state index in [4.69, 9.17) is 9.47 Å². The van der Waals surface area contributed by atoms with Gasteiger partial charge in [-0.05, 0) is 19.3 Å². The molecule has 1 fully saturated rings. The Labute approximate surface area is 97.7 Å². The fourth-order valence-corrected chi connectivity index (χ4v) is 1.58. The van der Waals surface area contributed by atoms with E-state index < -0.39 is 0 Å². The van der Waals surface area contributed by atoms with Crippen LogP contribution in [0.4, 0.5) is 0 Å². The molecule has 1 saturated heterocycles. The summed E-state index contributed by atoms with van der Waals surface area (Å²) in [4.78, 5) is 11.2. The average molecular weight is 229 g/mol. The van der Waals surface area contributed by atoms with Gasteiger partial charge in [0.1, 0.15) is 0 Å². The summed E-state index contributed by atoms with van der Waals surface area (Å²) in [7, 11) is 0. The van der Waals surface area contributed by atoms with Crippen LogP contribution in [0.2, 0.25) is 0 Å². The van der Waals surface area contributed by atoms with Crippen LogP contribution in [0.15, 0.2) is 0 Å². The highest BCUT2D eigenvalue weighted by Crippen LogP contribution is 2.11. The summed E-state index contributed by atoms with van der Waals surface area (Å²) in [6.07, 6.45) is 3.43. The monoisotopic (exact) mass is 229 g/mol. The molecular formula is C12H23NO3. The first-order valence-electron chi connectivity index (χ1n) is 6.17. The van der Waals surface area contributed by atoms with Crippen molar-refractivity contribution >= 4 is 5.91 Å². The summed E-state index contributed by atoms with van der Waals surface area (Å²) in [5.74, 6) is 0.173. The van der Waals surface area contributed by atoms with Gasteiger partial charge < -0.3 is 14.8 Å². The summed E-state index contributed by atoms with van der Waals surface area (Å²) < 4.78 is 10.9. The summed E-state index contributed by atoms with van der Waals surface area (Å²) in [6, 6.07) is 0. The van der Waals surface area contributed by atoms with Gasteiger partial charge in [0.2, 0.25) is 5.91 Å². The number of nitrogens with one attached hydrogen (secondary N) is 1. The van der Waals surface area contributed by atoms with Crippen molar-refractivity contribution in [3.63, 3.8) is 0 Å². The maximum absolute atomic E-state index is 11.2. The first kappa shape index (κ1) is 13.5. The van der Waals surface area contributed by atoms with E-state index in [-0.39, 0.29) is 11.8 Å². The van der Waals surface area contributed by atoms with Crippen molar-refractivity contribution in [2.75, 3.05) is 26.4 Å². The Morgan fingerprint density at radius 1 is 1.56 bits per heavy atom. The van der Waals surface area contributed by atoms with Crippen LogP contribution in [0.25, 0.3) is 0 Å². The lowest BCUT2D eigenvalue weighted by Crippen LogP contribution is -2.29. The van der Waals surface area contributed by atoms with Crippen molar-refractivity contribution in [2.24, 2.45) is 5.92 Å². The van der Waals surface area contributed by atoms with Crippen LogP contribution in [-0.4, -0.2) is 38.4 Å². The Balaban J connectivity index is 1.86. The third kappa shape index (κ3) is 5.47. The van der Waals surface area contributed by atoms with Crippen LogP contribution in [0.3, 0.4) is 0 Å². The minimum Gasteiger partial charge on any atom is -0.379 e. The van der Waals surface area contributed by atoms with Gasteiger partial charge in [0.25, 0.3) is 0 Å². The van der Waals surface area contributed by atoms with Gasteiger partial charge in [0.15, 0.2) is 0 Å². The molecule has 4 nitrogen and oxygen atoms in total. The molecule has 1 aliphatic rings. The molecule has 0 aromatic rings. The molecule has 0 radical (unpaired) electrons. The molecule has 1 N–H and O–H groups in total. The fourth-order valence-electron chi connectivity index (χ4n) is 1.58. The number of hydrogen-bond acceptors (Lipinski definition) is 3. The van der Waals surface area contributed by atoms with Crippen molar-refractivity contribution in [2.45, 2.75) is 39.2 Å². The Morgan fingerprint density at radius 3 is 3.00 bits per heavy atom. The van der Waals surface area contributed by atoms with E-state index in [0.29, 0.717) is 25.9 Å². The van der Waals surface area contributed by atoms with E-state index in [0.717, 1.165) is 25.9 Å². The van der Waals surface area contributed by atoms with Gasteiger partial charge in [0.05, 0.1) is 12.7 Å². The van der Waals surface area contributed by atoms with Crippen LogP contribution < -0.4 is 5.32 Å². The third-order valence-electron chi connectivity index (χ3n) is 2.62. The molecule has 0 bridgehead atoms. The first-order valence-corrected chi connectivity index (χ1v) is 6.17. The molecule has 16 heavy (non-hydrogen) atoms. The summed E-state index contributed by atoms with van der Waals surface area (Å²) >= 11 is 0. The second-order valence-electron chi connectivity index (χ2n) is 4.51. The maximum Gasteiger partial charge on any atom is 0.222 e. The molecule has 94 valence electrons. The van der Waals surface area contributed by atoms with Crippen molar-refractivity contribution < 1.29 is 14.3 Å². The Bertz CT molecular complexity index is 200. The zero-order valence-electron chi connectivity index (χ0n) is 10.3. The Hall–Kier alpha value is -0.610. The fraction of sp³-hybridized carbons (Fsp3) is 0.917. The Kier molecular flexibility index (Phi) is 6.42. The van der Waals surface area contributed by atoms with Gasteiger partial charge in [-0.25, -0.2) is 0 Å². The molecule has 1 aliphatic heterocycles. The smallest absolute Gasteiger partial charge is 0.222 e. The molecule has 0 spiro atoms. The molecule has 0 aromatic carbocycles. The molecule has 1 unspecified atom stereocenters. The standard InChI is InChI=1S/C12H23NO3/c1-10(2)12(14)13-6-4-7-15-9-11-5-3-8-16-11/h10-11H,3-9H2,1-2H3,(H,13,14). The summed E-state index contributed by atoms with van der Waals surface area (Å²) in [5.41, 5.74) is 0. The van der Waals surface area contributed by atoms with E-state index in [1.54, 1.807) is 0 Å². The molecule has 4 heteroatoms. The quantitative estimate of drug-likeness (QED) is 0.670. The number of carbonyl (C=O) groups excluding carboxylic acids is 1. The van der Waals surface area contributed by atoms with Crippen molar-refractivity contribution in [1.82, 2.24) is 5.32 Å². The average Bonchev–Trinajstić information content (AvgIpc) is 2.75. The zero-order chi connectivity index (χ0) is 11.8. The van der Waals surface area contributed by atoms with E-state index in [1.165, 1.54) is 0 Å². The topological polar surface area (TPSA) is 47.6 Å². The van der Waals surface area contributed by atoms with Gasteiger partial charge in [-0.3, -0.25) is 4.79 Å². The van der Waals surface area contributed by atoms with Crippen LogP contribution in [0.5, 0.6) is 0 Å². The van der Waals surface area contributed by atoms with Gasteiger partial charge >= 0.3 is 0 Å². The predicted molar refractivity (Wildman–Crippen MR) is 62.3 cm³/mol. The SMILES string of the molecule is CC(C)C(=O)NCCCOCC1CCCO1. The molecule has 1 heterocycles. The highest BCUT2D eigenvalue weighted by molar-refractivity contribution is 5.77. The number of rotatable bonds is 7. The number of amides is 1. The lowest BCUT2D eigenvalue weighted by molar-refractivity contribution is -0.124. The van der Waals surface area contributed by atoms with Gasteiger partial charge in [0, 0.05) is 25.7 Å². The lowest BCUT2D eigenvalue weighted by Gasteiger charge is -2.10. The second kappa shape index (κ2) is 7.63. The van der Waals surface area contributed by atoms with E-state index in [2.05, 4.69) is 5.32 Å². The molecule has 0 aliphatic carbocycles. The van der Waals surface area contributed by atoms with Crippen LogP contribution in [0.1, 0.15) is 33.1 Å². The van der Waals surface area contributed by atoms with E-state index >= 15 is 0 Å². The molecule has 1 atom stereocenters. The first-order chi connectivity index (χ1) is 7.70. The minimum absolute atomic E-state index is 0.0628. The lowest BCUT2D eigenvalue weighted by atomic mass is 10.2. The molecule has 0 saturated carbocycles. The van der Waals surface area contributed by atoms with E-state index in [1.807, 2.05) is 13.8 Å². The highest BCUT2D eigenvalue weighted by atomic mass is 16.5. The summed E-state index contributed by atoms with van der Waals surface area (Å²) in [6.45, 7) is 6.74. The predicted octanol–water partition coefficient (Wildman–Crippen LogP) is 1.34. The van der Waals surface area contributed by atoms with Crippen LogP contribution >= 0.6 is 0 Å².